The van der Waals surface area contributed by atoms with Crippen molar-refractivity contribution in [2.45, 2.75) is 168 Å². The number of aryl methyl sites for hydroxylation is 7. The Labute approximate surface area is 662 Å². The zero-order valence-electron chi connectivity index (χ0n) is 68.6. The number of furan rings is 2. The van der Waals surface area contributed by atoms with Crippen LogP contribution >= 0.6 is 0 Å². The number of anilines is 15. The summed E-state index contributed by atoms with van der Waals surface area (Å²) in [6, 6.07) is 77.8. The Balaban J connectivity index is 0.000000112. The average Bonchev–Trinajstić information content (AvgIpc) is 1.58. The van der Waals surface area contributed by atoms with Gasteiger partial charge in [-0.1, -0.05) is 140 Å². The van der Waals surface area contributed by atoms with Gasteiger partial charge in [-0.3, -0.25) is 0 Å². The quantitative estimate of drug-likeness (QED) is 0.137. The van der Waals surface area contributed by atoms with Crippen LogP contribution in [-0.2, 0) is 0 Å². The van der Waals surface area contributed by atoms with Crippen molar-refractivity contribution in [3.63, 3.8) is 0 Å². The Morgan fingerprint density at radius 2 is 0.607 bits per heavy atom. The molecule has 0 fully saturated rings. The normalized spacial score (nSPS) is 17.2. The van der Waals surface area contributed by atoms with Gasteiger partial charge in [0.05, 0.1) is 51.2 Å². The Hall–Kier alpha value is -12.0. The van der Waals surface area contributed by atoms with Crippen molar-refractivity contribution < 1.29 is 8.83 Å². The van der Waals surface area contributed by atoms with Gasteiger partial charge >= 0.3 is 0 Å². The minimum absolute atomic E-state index is 0.219. The third-order valence-corrected chi connectivity index (χ3v) is 23.4. The maximum atomic E-state index is 6.51. The lowest BCUT2D eigenvalue weighted by Crippen LogP contribution is -2.42. The van der Waals surface area contributed by atoms with Gasteiger partial charge in [0.15, 0.2) is 28.6 Å². The number of hydrogen-bond donors (Lipinski definition) is 0. The molecule has 0 aliphatic carbocycles. The van der Waals surface area contributed by atoms with Crippen LogP contribution < -0.4 is 49.0 Å². The Bertz CT molecular complexity index is 5760. The molecule has 5 atom stereocenters. The average molecular weight is 1490 g/mol. The van der Waals surface area contributed by atoms with Crippen molar-refractivity contribution in [2.24, 2.45) is 0 Å². The molecule has 0 saturated carbocycles. The largest absolute Gasteiger partial charge is 0.454 e. The maximum absolute atomic E-state index is 6.51. The van der Waals surface area contributed by atoms with Gasteiger partial charge in [0.25, 0.3) is 0 Å². The Morgan fingerprint density at radius 3 is 1.07 bits per heavy atom. The van der Waals surface area contributed by atoms with Gasteiger partial charge in [-0.25, -0.2) is 15.0 Å². The molecule has 572 valence electrons. The monoisotopic (exact) mass is 1490 g/mol. The van der Waals surface area contributed by atoms with Gasteiger partial charge < -0.3 is 57.8 Å². The summed E-state index contributed by atoms with van der Waals surface area (Å²) in [5.41, 5.74) is 27.4. The second kappa shape index (κ2) is 31.1. The minimum atomic E-state index is 0.219. The van der Waals surface area contributed by atoms with Crippen molar-refractivity contribution in [2.75, 3.05) is 69.1 Å². The molecule has 0 unspecified atom stereocenters. The first-order chi connectivity index (χ1) is 54.1. The smallest absolute Gasteiger partial charge is 0.159 e. The van der Waals surface area contributed by atoms with Gasteiger partial charge in [0.2, 0.25) is 0 Å². The van der Waals surface area contributed by atoms with E-state index in [2.05, 4.69) is 396 Å². The van der Waals surface area contributed by atoms with E-state index in [1.807, 2.05) is 36.8 Å². The van der Waals surface area contributed by atoms with E-state index in [-0.39, 0.29) is 24.7 Å². The van der Waals surface area contributed by atoms with Gasteiger partial charge in [-0.2, -0.15) is 0 Å². The summed E-state index contributed by atoms with van der Waals surface area (Å²) in [6.07, 6.45) is 6.93. The number of hydrogen-bond acceptors (Lipinski definition) is 15. The van der Waals surface area contributed by atoms with Gasteiger partial charge in [0, 0.05) is 89.4 Å². The lowest BCUT2D eigenvalue weighted by Gasteiger charge is -2.33. The van der Waals surface area contributed by atoms with Crippen LogP contribution in [-0.4, -0.2) is 78.0 Å². The van der Waals surface area contributed by atoms with Crippen LogP contribution in [0.5, 0.6) is 0 Å². The third-order valence-electron chi connectivity index (χ3n) is 23.4. The molecule has 15 nitrogen and oxygen atoms in total. The highest BCUT2D eigenvalue weighted by Gasteiger charge is 2.41. The summed E-state index contributed by atoms with van der Waals surface area (Å²) < 4.78 is 13.0. The number of nitrogens with zero attached hydrogens (tertiary/aromatic N) is 13. The first-order valence-electron chi connectivity index (χ1n) is 40.0. The SMILES string of the molecule is CCN1c2ccccc2N(c2c(C)ccc3c2oc2c(C)cccc23)[C@@H]1C.CCN1c2cccnc2N(c2ccccc2C)[C@@H]1C.Cc1ccc2c(oc3c(C)cccc32)c1N1c2ccccc2N(C(C)C)[C@H]1C.Cc1ccccc1N1c2ncccc2N(C(C)C)[C@H]1C.Cc1ccccc1N1c2ncccc2N(C)[C@H]1C. The van der Waals surface area contributed by atoms with Crippen LogP contribution in [0.1, 0.15) is 115 Å². The Morgan fingerprint density at radius 1 is 0.286 bits per heavy atom. The van der Waals surface area contributed by atoms with E-state index in [0.717, 1.165) is 52.9 Å². The van der Waals surface area contributed by atoms with Crippen LogP contribution in [0.25, 0.3) is 43.9 Å². The van der Waals surface area contributed by atoms with Crippen molar-refractivity contribution >= 4 is 130 Å². The van der Waals surface area contributed by atoms with Crippen LogP contribution in [0.4, 0.5) is 85.7 Å². The zero-order valence-corrected chi connectivity index (χ0v) is 68.6. The van der Waals surface area contributed by atoms with E-state index in [1.54, 1.807) is 0 Å². The van der Waals surface area contributed by atoms with Crippen molar-refractivity contribution in [1.29, 1.82) is 0 Å². The van der Waals surface area contributed by atoms with Gasteiger partial charge in [-0.05, 0) is 242 Å². The topological polar surface area (TPSA) is 97.3 Å². The highest BCUT2D eigenvalue weighted by atomic mass is 16.3. The molecule has 0 spiro atoms. The van der Waals surface area contributed by atoms with E-state index in [0.29, 0.717) is 18.2 Å². The summed E-state index contributed by atoms with van der Waals surface area (Å²) in [5.74, 6) is 3.16. The second-order valence-electron chi connectivity index (χ2n) is 30.9. The third kappa shape index (κ3) is 13.0. The molecule has 0 saturated heterocycles. The lowest BCUT2D eigenvalue weighted by atomic mass is 10.1. The molecule has 15 heteroatoms. The van der Waals surface area contributed by atoms with Crippen molar-refractivity contribution in [3.8, 4) is 0 Å². The number of aromatic nitrogens is 3. The molecule has 19 rings (SSSR count). The van der Waals surface area contributed by atoms with Crippen LogP contribution in [0.15, 0.2) is 246 Å². The van der Waals surface area contributed by atoms with Gasteiger partial charge in [0.1, 0.15) is 42.0 Å². The fourth-order valence-electron chi connectivity index (χ4n) is 18.0. The fraction of sp³-hybridized carbons (Fsp3) is 0.289. The minimum Gasteiger partial charge on any atom is -0.454 e. The first kappa shape index (κ1) is 75.4. The summed E-state index contributed by atoms with van der Waals surface area (Å²) in [5, 5.41) is 4.76. The predicted octanol–water partition coefficient (Wildman–Crippen LogP) is 24.6. The fourth-order valence-corrected chi connectivity index (χ4v) is 18.0. The number of rotatable bonds is 9. The molecule has 14 aromatic rings. The highest BCUT2D eigenvalue weighted by Crippen LogP contribution is 2.53. The van der Waals surface area contributed by atoms with E-state index in [1.165, 1.54) is 129 Å². The molecule has 0 amide bonds. The number of benzene rings is 9. The molecule has 5 aliphatic rings. The van der Waals surface area contributed by atoms with E-state index >= 15 is 0 Å². The van der Waals surface area contributed by atoms with Crippen molar-refractivity contribution in [3.05, 3.63) is 276 Å². The number of para-hydroxylation sites is 9. The van der Waals surface area contributed by atoms with Crippen molar-refractivity contribution in [1.82, 2.24) is 15.0 Å². The molecular formula is C97H107N13O2. The van der Waals surface area contributed by atoms with Crippen LogP contribution in [0.3, 0.4) is 0 Å². The maximum Gasteiger partial charge on any atom is 0.159 e. The number of fused-ring (bicyclic) bond motifs is 11. The molecule has 0 N–H and O–H groups in total. The molecule has 10 heterocycles. The van der Waals surface area contributed by atoms with E-state index in [9.17, 15) is 0 Å². The number of pyridine rings is 3. The molecule has 9 aromatic carbocycles. The van der Waals surface area contributed by atoms with Crippen LogP contribution in [0.2, 0.25) is 0 Å². The highest BCUT2D eigenvalue weighted by molar-refractivity contribution is 6.13. The second-order valence-corrected chi connectivity index (χ2v) is 30.9. The first-order valence-corrected chi connectivity index (χ1v) is 40.0. The summed E-state index contributed by atoms with van der Waals surface area (Å²) in [6.45, 7) is 41.6. The molecule has 112 heavy (non-hydrogen) atoms. The summed E-state index contributed by atoms with van der Waals surface area (Å²) in [7, 11) is 2.11. The Kier molecular flexibility index (Phi) is 20.9. The molecule has 5 aromatic heterocycles. The summed E-state index contributed by atoms with van der Waals surface area (Å²) >= 11 is 0. The predicted molar refractivity (Wildman–Crippen MR) is 473 cm³/mol. The van der Waals surface area contributed by atoms with Crippen LogP contribution in [0, 0.1) is 48.5 Å². The standard InChI is InChI=1S/C25H26N2O.C24H24N2O.C17H21N3.C16H19N3.C15H17N3/c1-15(2)26-18(5)27(22-12-7-6-11-21(22)26)23-16(3)13-14-20-19-10-8-9-17(4)24(19)28-25(20)23;1-5-25-17(4)26(21-12-7-6-11-20(21)25)22-15(2)13-14-19-18-10-8-9-16(3)23(18)27-24(19)22;1-12(2)19-14(4)20(15-9-6-5-8-13(15)3)17-16(19)10-7-11-18-17;1-4-18-13(3)19(14-9-6-5-8-12(14)2)16-15(18)10-7-11-17-16;1-11-7-4-5-8-13(11)18-12(2)17(3)14-9-6-10-16-15(14)18/h6-15,18H,1-5H3;6-14,17H,5H2,1-4H3;5-12,14H,1-4H3;5-11,13H,4H2,1-3H3;4-10,12H,1-3H3/t18-;17-;14-;13-;12-/m11111/s1. The molecule has 0 bridgehead atoms. The lowest BCUT2D eigenvalue weighted by molar-refractivity contribution is 0.602. The molecule has 5 aliphatic heterocycles. The van der Waals surface area contributed by atoms with E-state index < -0.39 is 0 Å². The van der Waals surface area contributed by atoms with E-state index in [4.69, 9.17) is 8.83 Å². The molecular weight excluding hydrogens is 1380 g/mol. The zero-order chi connectivity index (χ0) is 78.7. The van der Waals surface area contributed by atoms with Gasteiger partial charge in [-0.15, -0.1) is 0 Å². The molecule has 0 radical (unpaired) electrons. The summed E-state index contributed by atoms with van der Waals surface area (Å²) in [4.78, 5) is 37.6.